The molecule has 2 heterocycles. The molecule has 2 aliphatic heterocycles. The lowest BCUT2D eigenvalue weighted by Crippen LogP contribution is -2.53. The third-order valence-electron chi connectivity index (χ3n) is 5.58. The molecule has 0 bridgehead atoms. The van der Waals surface area contributed by atoms with Crippen molar-refractivity contribution in [3.05, 3.63) is 64.2 Å². The largest absolute Gasteiger partial charge is 0.337 e. The fraction of sp³-hybridized carbons (Fsp3) is 0.300. The van der Waals surface area contributed by atoms with Crippen LogP contribution >= 0.6 is 11.6 Å². The number of rotatable bonds is 1. The van der Waals surface area contributed by atoms with E-state index in [1.165, 1.54) is 0 Å². The van der Waals surface area contributed by atoms with Gasteiger partial charge in [0, 0.05) is 24.2 Å². The molecule has 4 nitrogen and oxygen atoms in total. The van der Waals surface area contributed by atoms with Gasteiger partial charge < -0.3 is 10.2 Å². The van der Waals surface area contributed by atoms with Gasteiger partial charge in [-0.15, -0.1) is 0 Å². The Morgan fingerprint density at radius 3 is 2.72 bits per heavy atom. The highest BCUT2D eigenvalue weighted by atomic mass is 35.5. The van der Waals surface area contributed by atoms with Crippen molar-refractivity contribution in [1.82, 2.24) is 4.90 Å². The van der Waals surface area contributed by atoms with Crippen molar-refractivity contribution < 1.29 is 9.59 Å². The highest BCUT2D eigenvalue weighted by Gasteiger charge is 2.57. The standard InChI is InChI=1S/C20H19ClN2O2/c1-12-5-3-4-6-14(12)18-20(10-9-17(24)23(18)2)15-8-7-13(21)11-16(15)22-19(20)25/h3-8,11,18H,9-10H2,1-2H3,(H,22,25)/t18-,20-/m1/s1. The van der Waals surface area contributed by atoms with Gasteiger partial charge in [0.1, 0.15) is 5.41 Å². The Morgan fingerprint density at radius 2 is 1.96 bits per heavy atom. The Labute approximate surface area is 151 Å². The van der Waals surface area contributed by atoms with Gasteiger partial charge in [-0.2, -0.15) is 0 Å². The van der Waals surface area contributed by atoms with E-state index in [9.17, 15) is 9.59 Å². The van der Waals surface area contributed by atoms with Crippen LogP contribution in [0.2, 0.25) is 5.02 Å². The molecule has 0 radical (unpaired) electrons. The Kier molecular flexibility index (Phi) is 3.62. The molecular weight excluding hydrogens is 336 g/mol. The normalized spacial score (nSPS) is 25.2. The van der Waals surface area contributed by atoms with E-state index >= 15 is 0 Å². The summed E-state index contributed by atoms with van der Waals surface area (Å²) >= 11 is 6.11. The average molecular weight is 355 g/mol. The number of benzene rings is 2. The minimum absolute atomic E-state index is 0.0580. The maximum atomic E-state index is 13.2. The third-order valence-corrected chi connectivity index (χ3v) is 5.81. The minimum atomic E-state index is -0.783. The number of hydrogen-bond acceptors (Lipinski definition) is 2. The number of likely N-dealkylation sites (N-methyl/N-ethyl adjacent to an activating group) is 1. The number of hydrogen-bond donors (Lipinski definition) is 1. The van der Waals surface area contributed by atoms with Gasteiger partial charge in [-0.1, -0.05) is 41.9 Å². The van der Waals surface area contributed by atoms with E-state index < -0.39 is 5.41 Å². The summed E-state index contributed by atoms with van der Waals surface area (Å²) in [5, 5.41) is 3.58. The summed E-state index contributed by atoms with van der Waals surface area (Å²) in [6, 6.07) is 13.1. The molecule has 2 aliphatic rings. The van der Waals surface area contributed by atoms with E-state index in [2.05, 4.69) is 5.32 Å². The van der Waals surface area contributed by atoms with Gasteiger partial charge in [0.25, 0.3) is 0 Å². The lowest BCUT2D eigenvalue weighted by Gasteiger charge is -2.46. The zero-order chi connectivity index (χ0) is 17.8. The van der Waals surface area contributed by atoms with Crippen molar-refractivity contribution in [2.45, 2.75) is 31.2 Å². The van der Waals surface area contributed by atoms with Gasteiger partial charge in [-0.3, -0.25) is 9.59 Å². The summed E-state index contributed by atoms with van der Waals surface area (Å²) in [6.07, 6.45) is 0.851. The number of halogens is 1. The predicted molar refractivity (Wildman–Crippen MR) is 97.7 cm³/mol. The second kappa shape index (κ2) is 5.60. The SMILES string of the molecule is Cc1ccccc1[C@H]1N(C)C(=O)CC[C@]12C(=O)Nc1cc(Cl)ccc12. The lowest BCUT2D eigenvalue weighted by atomic mass is 9.66. The zero-order valence-electron chi connectivity index (χ0n) is 14.2. The molecule has 4 rings (SSSR count). The number of nitrogens with one attached hydrogen (secondary N) is 1. The molecule has 1 spiro atoms. The molecule has 1 N–H and O–H groups in total. The topological polar surface area (TPSA) is 49.4 Å². The number of carbonyl (C=O) groups excluding carboxylic acids is 2. The first-order valence-corrected chi connectivity index (χ1v) is 8.75. The Balaban J connectivity index is 1.97. The van der Waals surface area contributed by atoms with E-state index in [1.54, 1.807) is 18.0 Å². The fourth-order valence-corrected chi connectivity index (χ4v) is 4.52. The average Bonchev–Trinajstić information content (AvgIpc) is 2.85. The highest BCUT2D eigenvalue weighted by Crippen LogP contribution is 2.54. The van der Waals surface area contributed by atoms with Gasteiger partial charge in [0.05, 0.1) is 6.04 Å². The number of carbonyl (C=O) groups is 2. The van der Waals surface area contributed by atoms with Crippen molar-refractivity contribution in [2.75, 3.05) is 12.4 Å². The van der Waals surface area contributed by atoms with E-state index in [-0.39, 0.29) is 17.9 Å². The number of anilines is 1. The van der Waals surface area contributed by atoms with Crippen LogP contribution in [0.3, 0.4) is 0 Å². The molecule has 2 aromatic carbocycles. The van der Waals surface area contributed by atoms with E-state index in [0.29, 0.717) is 17.9 Å². The highest BCUT2D eigenvalue weighted by molar-refractivity contribution is 6.31. The molecule has 2 amide bonds. The summed E-state index contributed by atoms with van der Waals surface area (Å²) in [4.78, 5) is 27.4. The predicted octanol–water partition coefficient (Wildman–Crippen LogP) is 3.83. The van der Waals surface area contributed by atoms with E-state index in [4.69, 9.17) is 11.6 Å². The molecule has 25 heavy (non-hydrogen) atoms. The van der Waals surface area contributed by atoms with Crippen LogP contribution in [0.25, 0.3) is 0 Å². The number of aryl methyl sites for hydroxylation is 1. The van der Waals surface area contributed by atoms with Crippen molar-refractivity contribution in [1.29, 1.82) is 0 Å². The molecule has 1 fully saturated rings. The zero-order valence-corrected chi connectivity index (χ0v) is 14.9. The van der Waals surface area contributed by atoms with Crippen LogP contribution in [-0.2, 0) is 15.0 Å². The Morgan fingerprint density at radius 1 is 1.20 bits per heavy atom. The fourth-order valence-electron chi connectivity index (χ4n) is 4.34. The van der Waals surface area contributed by atoms with Crippen molar-refractivity contribution in [2.24, 2.45) is 0 Å². The van der Waals surface area contributed by atoms with Crippen LogP contribution in [0.4, 0.5) is 5.69 Å². The molecule has 0 saturated carbocycles. The number of fused-ring (bicyclic) bond motifs is 2. The quantitative estimate of drug-likeness (QED) is 0.846. The van der Waals surface area contributed by atoms with Crippen LogP contribution in [0.5, 0.6) is 0 Å². The maximum absolute atomic E-state index is 13.2. The van der Waals surface area contributed by atoms with Crippen LogP contribution in [0, 0.1) is 6.92 Å². The summed E-state index contributed by atoms with van der Waals surface area (Å²) < 4.78 is 0. The first-order chi connectivity index (χ1) is 11.9. The number of amides is 2. The third kappa shape index (κ3) is 2.20. The molecule has 0 aromatic heterocycles. The van der Waals surface area contributed by atoms with Gasteiger partial charge >= 0.3 is 0 Å². The Bertz CT molecular complexity index is 895. The molecule has 2 aromatic rings. The van der Waals surface area contributed by atoms with Gasteiger partial charge in [0.2, 0.25) is 11.8 Å². The van der Waals surface area contributed by atoms with Gasteiger partial charge in [-0.25, -0.2) is 0 Å². The maximum Gasteiger partial charge on any atom is 0.237 e. The Hall–Kier alpha value is -2.33. The van der Waals surface area contributed by atoms with Crippen LogP contribution in [0.1, 0.15) is 35.6 Å². The molecule has 2 atom stereocenters. The summed E-state index contributed by atoms with van der Waals surface area (Å²) in [5.74, 6) is 0.00598. The van der Waals surface area contributed by atoms with Crippen LogP contribution < -0.4 is 5.32 Å². The molecule has 128 valence electrons. The summed E-state index contributed by atoms with van der Waals surface area (Å²) in [5.41, 5.74) is 2.97. The van der Waals surface area contributed by atoms with Crippen molar-refractivity contribution in [3.63, 3.8) is 0 Å². The summed E-state index contributed by atoms with van der Waals surface area (Å²) in [6.45, 7) is 2.02. The minimum Gasteiger partial charge on any atom is -0.337 e. The second-order valence-electron chi connectivity index (χ2n) is 6.88. The smallest absolute Gasteiger partial charge is 0.237 e. The van der Waals surface area contributed by atoms with E-state index in [0.717, 1.165) is 22.4 Å². The lowest BCUT2D eigenvalue weighted by molar-refractivity contribution is -0.141. The first kappa shape index (κ1) is 16.2. The van der Waals surface area contributed by atoms with Crippen molar-refractivity contribution in [3.8, 4) is 0 Å². The van der Waals surface area contributed by atoms with Gasteiger partial charge in [-0.05, 0) is 42.2 Å². The molecule has 0 aliphatic carbocycles. The molecule has 0 unspecified atom stereocenters. The van der Waals surface area contributed by atoms with Crippen molar-refractivity contribution >= 4 is 29.1 Å². The first-order valence-electron chi connectivity index (χ1n) is 8.38. The molecule has 5 heteroatoms. The number of nitrogens with zero attached hydrogens (tertiary/aromatic N) is 1. The van der Waals surface area contributed by atoms with Gasteiger partial charge in [0.15, 0.2) is 0 Å². The number of likely N-dealkylation sites (tertiary alicyclic amines) is 1. The number of piperidine rings is 1. The van der Waals surface area contributed by atoms with E-state index in [1.807, 2.05) is 43.3 Å². The monoisotopic (exact) mass is 354 g/mol. The van der Waals surface area contributed by atoms with Crippen LogP contribution in [0.15, 0.2) is 42.5 Å². The summed E-state index contributed by atoms with van der Waals surface area (Å²) in [7, 11) is 1.79. The molecular formula is C20H19ClN2O2. The molecule has 1 saturated heterocycles. The van der Waals surface area contributed by atoms with Crippen LogP contribution in [-0.4, -0.2) is 23.8 Å². The second-order valence-corrected chi connectivity index (χ2v) is 7.32.